The van der Waals surface area contributed by atoms with Gasteiger partial charge < -0.3 is 19.7 Å². The van der Waals surface area contributed by atoms with Crippen molar-refractivity contribution >= 4 is 17.3 Å². The topological polar surface area (TPSA) is 36.3 Å². The molecule has 4 rings (SSSR count). The molecule has 1 N–H and O–H groups in total. The van der Waals surface area contributed by atoms with Crippen molar-refractivity contribution in [3.05, 3.63) is 82.9 Å². The second kappa shape index (κ2) is 9.43. The summed E-state index contributed by atoms with van der Waals surface area (Å²) < 4.78 is 2.40. The van der Waals surface area contributed by atoms with Gasteiger partial charge in [-0.3, -0.25) is 4.98 Å². The van der Waals surface area contributed by atoms with E-state index in [9.17, 15) is 0 Å². The van der Waals surface area contributed by atoms with E-state index in [0.717, 1.165) is 30.3 Å². The molecule has 2 aromatic heterocycles. The molecule has 0 amide bonds. The van der Waals surface area contributed by atoms with Crippen molar-refractivity contribution in [3.8, 4) is 5.69 Å². The van der Waals surface area contributed by atoms with Crippen molar-refractivity contribution in [2.24, 2.45) is 0 Å². The molecule has 1 aliphatic heterocycles. The third kappa shape index (κ3) is 4.17. The highest BCUT2D eigenvalue weighted by Gasteiger charge is 2.41. The first kappa shape index (κ1) is 22.5. The summed E-state index contributed by atoms with van der Waals surface area (Å²) in [5.41, 5.74) is 7.44. The largest absolute Gasteiger partial charge is 0.352 e. The second-order valence-corrected chi connectivity index (χ2v) is 9.15. The zero-order valence-corrected chi connectivity index (χ0v) is 20.5. The van der Waals surface area contributed by atoms with Crippen LogP contribution in [0.1, 0.15) is 47.2 Å². The predicted molar refractivity (Wildman–Crippen MR) is 135 cm³/mol. The Kier molecular flexibility index (Phi) is 6.63. The molecule has 3 heterocycles. The van der Waals surface area contributed by atoms with Crippen LogP contribution in [0.3, 0.4) is 0 Å². The normalized spacial score (nSPS) is 18.4. The number of rotatable bonds is 7. The number of benzene rings is 1. The summed E-state index contributed by atoms with van der Waals surface area (Å²) in [5.74, 6) is 0. The molecule has 1 fully saturated rings. The molecule has 1 aliphatic rings. The van der Waals surface area contributed by atoms with Gasteiger partial charge in [-0.05, 0) is 82.0 Å². The Morgan fingerprint density at radius 1 is 1.09 bits per heavy atom. The molecule has 0 spiro atoms. The lowest BCUT2D eigenvalue weighted by Crippen LogP contribution is -2.35. The quantitative estimate of drug-likeness (QED) is 0.536. The van der Waals surface area contributed by atoms with Crippen LogP contribution in [0.2, 0.25) is 0 Å². The van der Waals surface area contributed by atoms with Gasteiger partial charge in [-0.1, -0.05) is 31.2 Å². The maximum atomic E-state index is 5.82. The Labute approximate surface area is 197 Å². The number of aryl methyl sites for hydroxylation is 2. The summed E-state index contributed by atoms with van der Waals surface area (Å²) in [6.45, 7) is 8.44. The summed E-state index contributed by atoms with van der Waals surface area (Å²) >= 11 is 5.82. The number of nitrogens with one attached hydrogen (secondary N) is 1. The second-order valence-electron chi connectivity index (χ2n) is 8.77. The highest BCUT2D eigenvalue weighted by Crippen LogP contribution is 2.41. The number of para-hydroxylation sites is 1. The molecule has 0 saturated carbocycles. The van der Waals surface area contributed by atoms with E-state index in [1.807, 2.05) is 18.3 Å². The van der Waals surface area contributed by atoms with Gasteiger partial charge in [0, 0.05) is 36.4 Å². The van der Waals surface area contributed by atoms with E-state index in [0.29, 0.717) is 0 Å². The highest BCUT2D eigenvalue weighted by atomic mass is 32.1. The molecule has 0 radical (unpaired) electrons. The molecule has 3 aromatic rings. The van der Waals surface area contributed by atoms with E-state index in [-0.39, 0.29) is 12.1 Å². The van der Waals surface area contributed by atoms with Crippen LogP contribution < -0.4 is 5.32 Å². The van der Waals surface area contributed by atoms with Crippen LogP contribution in [0.25, 0.3) is 5.69 Å². The van der Waals surface area contributed by atoms with Crippen molar-refractivity contribution < 1.29 is 0 Å². The Morgan fingerprint density at radius 2 is 1.84 bits per heavy atom. The van der Waals surface area contributed by atoms with Crippen molar-refractivity contribution in [1.82, 2.24) is 24.7 Å². The average Bonchev–Trinajstić information content (AvgIpc) is 3.27. The number of aromatic nitrogens is 2. The van der Waals surface area contributed by atoms with Gasteiger partial charge >= 0.3 is 0 Å². The van der Waals surface area contributed by atoms with Crippen LogP contribution in [-0.4, -0.2) is 51.6 Å². The molecule has 1 saturated heterocycles. The van der Waals surface area contributed by atoms with Crippen LogP contribution >= 0.6 is 12.2 Å². The molecule has 0 unspecified atom stereocenters. The van der Waals surface area contributed by atoms with E-state index in [1.54, 1.807) is 0 Å². The molecular weight excluding hydrogens is 414 g/mol. The van der Waals surface area contributed by atoms with Gasteiger partial charge in [0.2, 0.25) is 0 Å². The first-order valence-corrected chi connectivity index (χ1v) is 11.7. The van der Waals surface area contributed by atoms with E-state index >= 15 is 0 Å². The molecule has 2 atom stereocenters. The van der Waals surface area contributed by atoms with Gasteiger partial charge in [-0.25, -0.2) is 0 Å². The predicted octanol–water partition coefficient (Wildman–Crippen LogP) is 4.59. The Bertz CT molecular complexity index is 1090. The van der Waals surface area contributed by atoms with Crippen molar-refractivity contribution in [2.45, 2.75) is 39.3 Å². The van der Waals surface area contributed by atoms with Crippen molar-refractivity contribution in [3.63, 3.8) is 0 Å². The Morgan fingerprint density at radius 3 is 2.53 bits per heavy atom. The summed E-state index contributed by atoms with van der Waals surface area (Å²) in [7, 11) is 4.21. The Hall–Kier alpha value is -2.70. The van der Waals surface area contributed by atoms with Crippen LogP contribution in [0.5, 0.6) is 0 Å². The van der Waals surface area contributed by atoms with Gasteiger partial charge in [0.25, 0.3) is 0 Å². The van der Waals surface area contributed by atoms with Gasteiger partial charge in [0.1, 0.15) is 0 Å². The first-order valence-electron chi connectivity index (χ1n) is 11.3. The minimum atomic E-state index is 0.0150. The number of nitrogens with zero attached hydrogens (tertiary/aromatic N) is 4. The van der Waals surface area contributed by atoms with Gasteiger partial charge in [0.15, 0.2) is 5.11 Å². The average molecular weight is 448 g/mol. The maximum Gasteiger partial charge on any atom is 0.170 e. The van der Waals surface area contributed by atoms with Crippen molar-refractivity contribution in [1.29, 1.82) is 0 Å². The SMILES string of the molecule is CCc1ccccc1-n1c(C)cc([C@H]2[C@H](c3ccccn3)NC(=S)N2CCN(C)C)c1C. The molecule has 0 bridgehead atoms. The number of likely N-dealkylation sites (N-methyl/N-ethyl adjacent to an activating group) is 1. The number of pyridine rings is 1. The molecular formula is C26H33N5S. The molecule has 1 aromatic carbocycles. The highest BCUT2D eigenvalue weighted by molar-refractivity contribution is 7.80. The Balaban J connectivity index is 1.83. The fraction of sp³-hybridized carbons (Fsp3) is 0.385. The summed E-state index contributed by atoms with van der Waals surface area (Å²) in [6.07, 6.45) is 2.86. The summed E-state index contributed by atoms with van der Waals surface area (Å²) in [5, 5.41) is 4.38. The number of hydrogen-bond acceptors (Lipinski definition) is 3. The van der Waals surface area contributed by atoms with Gasteiger partial charge in [-0.15, -0.1) is 0 Å². The fourth-order valence-electron chi connectivity index (χ4n) is 4.78. The van der Waals surface area contributed by atoms with E-state index in [2.05, 4.69) is 95.9 Å². The minimum Gasteiger partial charge on any atom is -0.352 e. The molecule has 6 heteroatoms. The van der Waals surface area contributed by atoms with Crippen LogP contribution in [0.4, 0.5) is 0 Å². The van der Waals surface area contributed by atoms with Crippen molar-refractivity contribution in [2.75, 3.05) is 27.2 Å². The maximum absolute atomic E-state index is 5.82. The zero-order chi connectivity index (χ0) is 22.8. The third-order valence-corrected chi connectivity index (χ3v) is 6.74. The van der Waals surface area contributed by atoms with E-state index in [1.165, 1.54) is 28.2 Å². The van der Waals surface area contributed by atoms with Crippen LogP contribution in [0.15, 0.2) is 54.7 Å². The van der Waals surface area contributed by atoms with Gasteiger partial charge in [0.05, 0.1) is 17.8 Å². The van der Waals surface area contributed by atoms with Crippen LogP contribution in [0, 0.1) is 13.8 Å². The van der Waals surface area contributed by atoms with Crippen LogP contribution in [-0.2, 0) is 6.42 Å². The van der Waals surface area contributed by atoms with Gasteiger partial charge in [-0.2, -0.15) is 0 Å². The molecule has 32 heavy (non-hydrogen) atoms. The summed E-state index contributed by atoms with van der Waals surface area (Å²) in [4.78, 5) is 9.22. The standard InChI is InChI=1S/C26H33N5S/c1-6-20-11-7-8-13-23(20)31-18(2)17-21(19(31)3)25-24(22-12-9-10-14-27-22)28-26(32)30(25)16-15-29(4)5/h7-14,17,24-25H,6,15-16H2,1-5H3,(H,28,32)/t24-,25-/m0/s1. The molecule has 0 aliphatic carbocycles. The smallest absolute Gasteiger partial charge is 0.170 e. The zero-order valence-electron chi connectivity index (χ0n) is 19.7. The number of thiocarbonyl (C=S) groups is 1. The lowest BCUT2D eigenvalue weighted by Gasteiger charge is -2.29. The lowest BCUT2D eigenvalue weighted by atomic mass is 9.96. The molecule has 5 nitrogen and oxygen atoms in total. The molecule has 168 valence electrons. The monoisotopic (exact) mass is 447 g/mol. The number of hydrogen-bond donors (Lipinski definition) is 1. The third-order valence-electron chi connectivity index (χ3n) is 6.39. The fourth-order valence-corrected chi connectivity index (χ4v) is 5.11. The summed E-state index contributed by atoms with van der Waals surface area (Å²) in [6, 6.07) is 17.2. The first-order chi connectivity index (χ1) is 15.4. The minimum absolute atomic E-state index is 0.0150. The van der Waals surface area contributed by atoms with E-state index < -0.39 is 0 Å². The van der Waals surface area contributed by atoms with E-state index in [4.69, 9.17) is 12.2 Å². The lowest BCUT2D eigenvalue weighted by molar-refractivity contribution is 0.277.